The average Bonchev–Trinajstić information content (AvgIpc) is 2.63. The van der Waals surface area contributed by atoms with Crippen LogP contribution in [-0.4, -0.2) is 52.1 Å². The van der Waals surface area contributed by atoms with E-state index in [-0.39, 0.29) is 29.5 Å². The highest BCUT2D eigenvalue weighted by atomic mass is 32.2. The molecule has 1 N–H and O–H groups in total. The lowest BCUT2D eigenvalue weighted by Crippen LogP contribution is -2.71. The number of β-lactam (4-membered cyclic amide) rings is 1. The molecule has 2 heterocycles. The predicted octanol–water partition coefficient (Wildman–Crippen LogP) is 2.08. The predicted molar refractivity (Wildman–Crippen MR) is 106 cm³/mol. The molecule has 0 bridgehead atoms. The Bertz CT molecular complexity index is 816. The van der Waals surface area contributed by atoms with Gasteiger partial charge in [0.05, 0.1) is 0 Å². The van der Waals surface area contributed by atoms with E-state index in [0.717, 1.165) is 5.57 Å². The van der Waals surface area contributed by atoms with Gasteiger partial charge in [0.25, 0.3) is 11.8 Å². The van der Waals surface area contributed by atoms with Crippen molar-refractivity contribution in [1.29, 1.82) is 0 Å². The minimum absolute atomic E-state index is 0.182. The first-order chi connectivity index (χ1) is 13.2. The van der Waals surface area contributed by atoms with Gasteiger partial charge in [0.2, 0.25) is 0 Å². The molecule has 0 radical (unpaired) electrons. The summed E-state index contributed by atoms with van der Waals surface area (Å²) < 4.78 is 10.9. The topological polar surface area (TPSA) is 84.9 Å². The van der Waals surface area contributed by atoms with Gasteiger partial charge >= 0.3 is 5.97 Å². The number of thioether (sulfide) groups is 1. The number of esters is 1. The second kappa shape index (κ2) is 7.87. The van der Waals surface area contributed by atoms with E-state index in [1.165, 1.54) is 16.7 Å². The van der Waals surface area contributed by atoms with Gasteiger partial charge in [-0.25, -0.2) is 4.79 Å². The summed E-state index contributed by atoms with van der Waals surface area (Å²) in [6, 6.07) is 8.30. The summed E-state index contributed by atoms with van der Waals surface area (Å²) in [5.74, 6) is -0.0357. The van der Waals surface area contributed by atoms with Crippen LogP contribution in [0.2, 0.25) is 0 Å². The molecule has 1 saturated heterocycles. The highest BCUT2D eigenvalue weighted by molar-refractivity contribution is 8.00. The average molecular weight is 404 g/mol. The number of carbonyl (C=O) groups is 3. The molecular formula is C20H24N2O5S. The zero-order valence-electron chi connectivity index (χ0n) is 16.4. The first-order valence-corrected chi connectivity index (χ1v) is 10.1. The Balaban J connectivity index is 1.61. The molecule has 2 aliphatic rings. The van der Waals surface area contributed by atoms with Crippen molar-refractivity contribution in [3.63, 3.8) is 0 Å². The van der Waals surface area contributed by atoms with Gasteiger partial charge in [0.15, 0.2) is 6.61 Å². The minimum atomic E-state index is -0.678. The third-order valence-corrected chi connectivity index (χ3v) is 5.60. The van der Waals surface area contributed by atoms with Crippen LogP contribution in [0.5, 0.6) is 5.75 Å². The number of benzene rings is 1. The SMILES string of the molecule is CC1=C(C(=O)OC(C)(C)C)N2C(=O)[C@@H](NC(=O)COc3ccccc3)[C@@H]2SC1. The Hall–Kier alpha value is -2.48. The number of ether oxygens (including phenoxy) is 2. The molecule has 7 nitrogen and oxygen atoms in total. The van der Waals surface area contributed by atoms with Gasteiger partial charge in [-0.3, -0.25) is 14.5 Å². The van der Waals surface area contributed by atoms with E-state index < -0.39 is 17.6 Å². The van der Waals surface area contributed by atoms with Crippen LogP contribution in [-0.2, 0) is 19.1 Å². The van der Waals surface area contributed by atoms with Gasteiger partial charge in [-0.2, -0.15) is 0 Å². The highest BCUT2D eigenvalue weighted by Gasteiger charge is 2.54. The van der Waals surface area contributed by atoms with Gasteiger partial charge in [-0.05, 0) is 45.4 Å². The summed E-state index contributed by atoms with van der Waals surface area (Å²) in [6.07, 6.45) is 0. The van der Waals surface area contributed by atoms with Gasteiger partial charge < -0.3 is 14.8 Å². The standard InChI is InChI=1S/C20H24N2O5S/c1-12-11-28-18-15(21-14(23)10-26-13-8-6-5-7-9-13)17(24)22(18)16(12)19(25)27-20(2,3)4/h5-9,15,18H,10-11H2,1-4H3,(H,21,23)/t15-,18+/m1/s1. The number of nitrogens with zero attached hydrogens (tertiary/aromatic N) is 1. The normalized spacial score (nSPS) is 21.6. The van der Waals surface area contributed by atoms with Crippen molar-refractivity contribution >= 4 is 29.5 Å². The summed E-state index contributed by atoms with van der Waals surface area (Å²) in [5.41, 5.74) is 0.427. The Morgan fingerprint density at radius 2 is 1.93 bits per heavy atom. The van der Waals surface area contributed by atoms with Gasteiger partial charge in [-0.15, -0.1) is 11.8 Å². The second-order valence-corrected chi connectivity index (χ2v) is 8.79. The molecule has 0 aliphatic carbocycles. The Morgan fingerprint density at radius 3 is 2.57 bits per heavy atom. The number of carbonyl (C=O) groups excluding carboxylic acids is 3. The molecule has 0 spiro atoms. The zero-order valence-corrected chi connectivity index (χ0v) is 17.2. The number of rotatable bonds is 5. The summed E-state index contributed by atoms with van der Waals surface area (Å²) in [7, 11) is 0. The maximum atomic E-state index is 12.6. The van der Waals surface area contributed by atoms with Crippen molar-refractivity contribution in [2.75, 3.05) is 12.4 Å². The van der Waals surface area contributed by atoms with Crippen molar-refractivity contribution < 1.29 is 23.9 Å². The summed E-state index contributed by atoms with van der Waals surface area (Å²) >= 11 is 1.51. The number of hydrogen-bond acceptors (Lipinski definition) is 6. The quantitative estimate of drug-likeness (QED) is 0.598. The van der Waals surface area contributed by atoms with Crippen LogP contribution in [0.4, 0.5) is 0 Å². The van der Waals surface area contributed by atoms with Gasteiger partial charge in [0, 0.05) is 5.75 Å². The van der Waals surface area contributed by atoms with Crippen LogP contribution in [0.1, 0.15) is 27.7 Å². The lowest BCUT2D eigenvalue weighted by Gasteiger charge is -2.49. The van der Waals surface area contributed by atoms with Crippen molar-refractivity contribution in [1.82, 2.24) is 10.2 Å². The molecule has 3 rings (SSSR count). The molecule has 1 aromatic carbocycles. The Labute approximate surface area is 168 Å². The zero-order chi connectivity index (χ0) is 20.5. The number of hydrogen-bond donors (Lipinski definition) is 1. The monoisotopic (exact) mass is 404 g/mol. The summed E-state index contributed by atoms with van der Waals surface area (Å²) in [4.78, 5) is 38.8. The van der Waals surface area contributed by atoms with Crippen molar-refractivity contribution in [3.05, 3.63) is 41.6 Å². The molecule has 8 heteroatoms. The van der Waals surface area contributed by atoms with Crippen LogP contribution in [0.3, 0.4) is 0 Å². The van der Waals surface area contributed by atoms with E-state index in [1.54, 1.807) is 32.9 Å². The molecule has 28 heavy (non-hydrogen) atoms. The second-order valence-electron chi connectivity index (χ2n) is 7.69. The molecule has 0 saturated carbocycles. The van der Waals surface area contributed by atoms with E-state index in [4.69, 9.17) is 9.47 Å². The van der Waals surface area contributed by atoms with E-state index in [9.17, 15) is 14.4 Å². The molecule has 2 amide bonds. The number of nitrogens with one attached hydrogen (secondary N) is 1. The van der Waals surface area contributed by atoms with Crippen molar-refractivity contribution in [2.45, 2.75) is 44.7 Å². The van der Waals surface area contributed by atoms with E-state index in [1.807, 2.05) is 25.1 Å². The van der Waals surface area contributed by atoms with Crippen LogP contribution in [0.15, 0.2) is 41.6 Å². The first-order valence-electron chi connectivity index (χ1n) is 9.02. The van der Waals surface area contributed by atoms with Crippen molar-refractivity contribution in [3.8, 4) is 5.75 Å². The molecule has 150 valence electrons. The molecule has 0 unspecified atom stereocenters. The molecule has 1 aromatic rings. The van der Waals surface area contributed by atoms with E-state index >= 15 is 0 Å². The van der Waals surface area contributed by atoms with Crippen LogP contribution < -0.4 is 10.1 Å². The van der Waals surface area contributed by atoms with Crippen LogP contribution in [0.25, 0.3) is 0 Å². The van der Waals surface area contributed by atoms with Crippen LogP contribution in [0, 0.1) is 0 Å². The third kappa shape index (κ3) is 4.32. The summed E-state index contributed by atoms with van der Waals surface area (Å²) in [5, 5.41) is 2.39. The number of amides is 2. The van der Waals surface area contributed by atoms with Crippen LogP contribution >= 0.6 is 11.8 Å². The maximum absolute atomic E-state index is 12.6. The third-order valence-electron chi connectivity index (χ3n) is 4.18. The van der Waals surface area contributed by atoms with E-state index in [0.29, 0.717) is 11.5 Å². The van der Waals surface area contributed by atoms with Gasteiger partial charge in [-0.1, -0.05) is 18.2 Å². The molecule has 2 aliphatic heterocycles. The number of fused-ring (bicyclic) bond motifs is 1. The molecule has 1 fully saturated rings. The Kier molecular flexibility index (Phi) is 5.69. The molecule has 0 aromatic heterocycles. The fourth-order valence-corrected chi connectivity index (χ4v) is 4.26. The highest BCUT2D eigenvalue weighted by Crippen LogP contribution is 2.40. The largest absolute Gasteiger partial charge is 0.484 e. The fourth-order valence-electron chi connectivity index (χ4n) is 2.97. The number of para-hydroxylation sites is 1. The lowest BCUT2D eigenvalue weighted by molar-refractivity contribution is -0.159. The molecular weight excluding hydrogens is 380 g/mol. The van der Waals surface area contributed by atoms with E-state index in [2.05, 4.69) is 5.32 Å². The fraction of sp³-hybridized carbons (Fsp3) is 0.450. The lowest BCUT2D eigenvalue weighted by atomic mass is 10.0. The minimum Gasteiger partial charge on any atom is -0.484 e. The van der Waals surface area contributed by atoms with Crippen molar-refractivity contribution in [2.24, 2.45) is 0 Å². The molecule has 2 atom stereocenters. The first kappa shape index (κ1) is 20.3. The summed E-state index contributed by atoms with van der Waals surface area (Å²) in [6.45, 7) is 6.98. The maximum Gasteiger partial charge on any atom is 0.355 e. The Morgan fingerprint density at radius 1 is 1.25 bits per heavy atom. The smallest absolute Gasteiger partial charge is 0.355 e. The van der Waals surface area contributed by atoms with Gasteiger partial charge in [0.1, 0.15) is 28.5 Å².